The predicted molar refractivity (Wildman–Crippen MR) is 89.8 cm³/mol. The molecule has 0 aromatic heterocycles. The van der Waals surface area contributed by atoms with E-state index in [0.29, 0.717) is 0 Å². The number of hydrogen-bond acceptors (Lipinski definition) is 2. The first-order chi connectivity index (χ1) is 10.1. The Balaban J connectivity index is 2.30. The molecule has 0 spiro atoms. The smallest absolute Gasteiger partial charge is 0.119 e. The normalized spacial score (nSPS) is 11.6. The highest BCUT2D eigenvalue weighted by atomic mass is 16.5. The summed E-state index contributed by atoms with van der Waals surface area (Å²) >= 11 is 0. The van der Waals surface area contributed by atoms with E-state index in [2.05, 4.69) is 50.4 Å². The van der Waals surface area contributed by atoms with Gasteiger partial charge in [-0.05, 0) is 56.2 Å². The maximum absolute atomic E-state index is 5.21. The van der Waals surface area contributed by atoms with E-state index in [4.69, 9.17) is 4.74 Å². The second-order valence-corrected chi connectivity index (χ2v) is 5.40. The summed E-state index contributed by atoms with van der Waals surface area (Å²) in [5.74, 6) is 0.871. The summed E-state index contributed by atoms with van der Waals surface area (Å²) in [7, 11) is 1.68. The molecule has 2 nitrogen and oxygen atoms in total. The highest BCUT2D eigenvalue weighted by molar-refractivity contribution is 5.50. The first kappa shape index (κ1) is 15.2. The van der Waals surface area contributed by atoms with E-state index in [-0.39, 0.29) is 6.04 Å². The Hall–Kier alpha value is -2.22. The molecular weight excluding hydrogens is 258 g/mol. The zero-order valence-corrected chi connectivity index (χ0v) is 13.2. The summed E-state index contributed by atoms with van der Waals surface area (Å²) in [6.07, 6.45) is 0. The fourth-order valence-corrected chi connectivity index (χ4v) is 2.23. The monoisotopic (exact) mass is 281 g/mol. The minimum atomic E-state index is 0.185. The third-order valence-electron chi connectivity index (χ3n) is 3.76. The SMILES string of the molecule is COc1ccc(NC(C(C)=C(C)C)c2ccccc2)cc1. The summed E-state index contributed by atoms with van der Waals surface area (Å²) in [4.78, 5) is 0. The van der Waals surface area contributed by atoms with Gasteiger partial charge in [-0.25, -0.2) is 0 Å². The van der Waals surface area contributed by atoms with Gasteiger partial charge in [0.25, 0.3) is 0 Å². The molecule has 1 N–H and O–H groups in total. The Morgan fingerprint density at radius 3 is 2.05 bits per heavy atom. The van der Waals surface area contributed by atoms with Crippen molar-refractivity contribution < 1.29 is 4.74 Å². The third kappa shape index (κ3) is 3.88. The lowest BCUT2D eigenvalue weighted by molar-refractivity contribution is 0.415. The van der Waals surface area contributed by atoms with Crippen molar-refractivity contribution in [1.82, 2.24) is 0 Å². The van der Waals surface area contributed by atoms with Crippen molar-refractivity contribution in [3.05, 3.63) is 71.3 Å². The van der Waals surface area contributed by atoms with Crippen LogP contribution in [0.5, 0.6) is 5.75 Å². The maximum Gasteiger partial charge on any atom is 0.119 e. The summed E-state index contributed by atoms with van der Waals surface area (Å²) in [5, 5.41) is 3.61. The molecule has 1 atom stereocenters. The van der Waals surface area contributed by atoms with Crippen LogP contribution in [0.4, 0.5) is 5.69 Å². The summed E-state index contributed by atoms with van der Waals surface area (Å²) < 4.78 is 5.21. The van der Waals surface area contributed by atoms with E-state index in [9.17, 15) is 0 Å². The molecule has 0 heterocycles. The molecule has 2 aromatic rings. The number of rotatable bonds is 5. The van der Waals surface area contributed by atoms with Crippen molar-refractivity contribution in [1.29, 1.82) is 0 Å². The average molecular weight is 281 g/mol. The quantitative estimate of drug-likeness (QED) is 0.760. The van der Waals surface area contributed by atoms with Crippen molar-refractivity contribution in [3.63, 3.8) is 0 Å². The van der Waals surface area contributed by atoms with Gasteiger partial charge in [0.15, 0.2) is 0 Å². The molecule has 2 heteroatoms. The number of ether oxygens (including phenoxy) is 1. The van der Waals surface area contributed by atoms with E-state index < -0.39 is 0 Å². The Morgan fingerprint density at radius 1 is 0.905 bits per heavy atom. The standard InChI is InChI=1S/C19H23NO/c1-14(2)15(3)19(16-8-6-5-7-9-16)20-17-10-12-18(21-4)13-11-17/h5-13,19-20H,1-4H3. The van der Waals surface area contributed by atoms with Gasteiger partial charge < -0.3 is 10.1 Å². The van der Waals surface area contributed by atoms with Gasteiger partial charge in [0.2, 0.25) is 0 Å². The van der Waals surface area contributed by atoms with Crippen LogP contribution in [-0.2, 0) is 0 Å². The van der Waals surface area contributed by atoms with Crippen molar-refractivity contribution in [2.45, 2.75) is 26.8 Å². The van der Waals surface area contributed by atoms with Crippen molar-refractivity contribution in [3.8, 4) is 5.75 Å². The molecule has 2 rings (SSSR count). The van der Waals surface area contributed by atoms with Crippen LogP contribution in [0, 0.1) is 0 Å². The van der Waals surface area contributed by atoms with Crippen LogP contribution in [0.2, 0.25) is 0 Å². The Labute approximate surface area is 127 Å². The lowest BCUT2D eigenvalue weighted by Gasteiger charge is -2.23. The van der Waals surface area contributed by atoms with Crippen molar-refractivity contribution >= 4 is 5.69 Å². The highest BCUT2D eigenvalue weighted by Gasteiger charge is 2.14. The summed E-state index contributed by atoms with van der Waals surface area (Å²) in [6, 6.07) is 18.8. The predicted octanol–water partition coefficient (Wildman–Crippen LogP) is 5.20. The minimum Gasteiger partial charge on any atom is -0.497 e. The lowest BCUT2D eigenvalue weighted by Crippen LogP contribution is -2.13. The lowest BCUT2D eigenvalue weighted by atomic mass is 9.96. The van der Waals surface area contributed by atoms with E-state index in [1.165, 1.54) is 16.7 Å². The Kier molecular flexibility index (Phi) is 5.04. The third-order valence-corrected chi connectivity index (χ3v) is 3.76. The summed E-state index contributed by atoms with van der Waals surface area (Å²) in [5.41, 5.74) is 5.04. The maximum atomic E-state index is 5.21. The number of allylic oxidation sites excluding steroid dienone is 1. The molecule has 110 valence electrons. The molecule has 21 heavy (non-hydrogen) atoms. The van der Waals surface area contributed by atoms with E-state index in [1.807, 2.05) is 30.3 Å². The van der Waals surface area contributed by atoms with Crippen LogP contribution >= 0.6 is 0 Å². The largest absolute Gasteiger partial charge is 0.497 e. The number of nitrogens with one attached hydrogen (secondary N) is 1. The first-order valence-corrected chi connectivity index (χ1v) is 7.21. The molecule has 0 aliphatic heterocycles. The average Bonchev–Trinajstić information content (AvgIpc) is 2.53. The molecule has 0 aliphatic carbocycles. The minimum absolute atomic E-state index is 0.185. The van der Waals surface area contributed by atoms with E-state index >= 15 is 0 Å². The molecular formula is C19H23NO. The van der Waals surface area contributed by atoms with E-state index in [1.54, 1.807) is 7.11 Å². The van der Waals surface area contributed by atoms with Crippen LogP contribution in [0.3, 0.4) is 0 Å². The van der Waals surface area contributed by atoms with Gasteiger partial charge in [-0.2, -0.15) is 0 Å². The van der Waals surface area contributed by atoms with Crippen molar-refractivity contribution in [2.75, 3.05) is 12.4 Å². The molecule has 0 saturated carbocycles. The number of benzene rings is 2. The Bertz CT molecular complexity index is 595. The second-order valence-electron chi connectivity index (χ2n) is 5.40. The first-order valence-electron chi connectivity index (χ1n) is 7.21. The van der Waals surface area contributed by atoms with Gasteiger partial charge in [-0.3, -0.25) is 0 Å². The molecule has 2 aromatic carbocycles. The number of methoxy groups -OCH3 is 1. The topological polar surface area (TPSA) is 21.3 Å². The molecule has 0 fully saturated rings. The van der Waals surface area contributed by atoms with Gasteiger partial charge in [-0.1, -0.05) is 35.9 Å². The highest BCUT2D eigenvalue weighted by Crippen LogP contribution is 2.28. The van der Waals surface area contributed by atoms with Gasteiger partial charge >= 0.3 is 0 Å². The van der Waals surface area contributed by atoms with Gasteiger partial charge in [0, 0.05) is 5.69 Å². The van der Waals surface area contributed by atoms with Crippen LogP contribution in [0.1, 0.15) is 32.4 Å². The van der Waals surface area contributed by atoms with Crippen molar-refractivity contribution in [2.24, 2.45) is 0 Å². The van der Waals surface area contributed by atoms with Gasteiger partial charge in [0.1, 0.15) is 5.75 Å². The van der Waals surface area contributed by atoms with E-state index in [0.717, 1.165) is 11.4 Å². The van der Waals surface area contributed by atoms with Gasteiger partial charge in [-0.15, -0.1) is 0 Å². The fraction of sp³-hybridized carbons (Fsp3) is 0.263. The zero-order chi connectivity index (χ0) is 15.2. The van der Waals surface area contributed by atoms with Crippen LogP contribution in [-0.4, -0.2) is 7.11 Å². The summed E-state index contributed by atoms with van der Waals surface area (Å²) in [6.45, 7) is 6.49. The number of anilines is 1. The fourth-order valence-electron chi connectivity index (χ4n) is 2.23. The van der Waals surface area contributed by atoms with Crippen LogP contribution in [0.25, 0.3) is 0 Å². The molecule has 1 unspecified atom stereocenters. The zero-order valence-electron chi connectivity index (χ0n) is 13.2. The molecule has 0 radical (unpaired) electrons. The molecule has 0 bridgehead atoms. The molecule has 0 amide bonds. The number of hydrogen-bond donors (Lipinski definition) is 1. The van der Waals surface area contributed by atoms with Gasteiger partial charge in [0.05, 0.1) is 13.2 Å². The Morgan fingerprint density at radius 2 is 1.52 bits per heavy atom. The molecule has 0 saturated heterocycles. The second kappa shape index (κ2) is 6.98. The van der Waals surface area contributed by atoms with Crippen LogP contribution < -0.4 is 10.1 Å². The van der Waals surface area contributed by atoms with Crippen LogP contribution in [0.15, 0.2) is 65.7 Å². The molecule has 0 aliphatic rings.